The zero-order valence-corrected chi connectivity index (χ0v) is 13.8. The largest absolute Gasteiger partial charge is 0.463 e. The van der Waals surface area contributed by atoms with E-state index in [0.717, 1.165) is 18.2 Å². The normalized spacial score (nSPS) is 14.2. The Bertz CT molecular complexity index is 872. The zero-order valence-electron chi connectivity index (χ0n) is 13.0. The number of sulfonamides is 1. The van der Waals surface area contributed by atoms with Gasteiger partial charge >= 0.3 is 0 Å². The number of aliphatic hydroxyl groups is 1. The summed E-state index contributed by atoms with van der Waals surface area (Å²) in [5.74, 6) is 0.932. The number of hydrogen-bond donors (Lipinski definition) is 3. The van der Waals surface area contributed by atoms with Crippen molar-refractivity contribution in [1.29, 1.82) is 0 Å². The van der Waals surface area contributed by atoms with Gasteiger partial charge in [0.2, 0.25) is 10.0 Å². The molecular formula is C14H17N3O6S. The highest BCUT2D eigenvalue weighted by Crippen LogP contribution is 2.26. The van der Waals surface area contributed by atoms with E-state index in [1.807, 2.05) is 0 Å². The van der Waals surface area contributed by atoms with Crippen LogP contribution in [0.3, 0.4) is 0 Å². The minimum atomic E-state index is -4.11. The van der Waals surface area contributed by atoms with Gasteiger partial charge in [-0.25, -0.2) is 13.6 Å². The van der Waals surface area contributed by atoms with Gasteiger partial charge in [-0.15, -0.1) is 0 Å². The van der Waals surface area contributed by atoms with Gasteiger partial charge in [0.1, 0.15) is 17.1 Å². The Morgan fingerprint density at radius 2 is 2.04 bits per heavy atom. The lowest BCUT2D eigenvalue weighted by Gasteiger charge is -2.22. The van der Waals surface area contributed by atoms with Crippen LogP contribution in [0.15, 0.2) is 39.6 Å². The van der Waals surface area contributed by atoms with E-state index in [1.54, 1.807) is 19.1 Å². The summed E-state index contributed by atoms with van der Waals surface area (Å²) < 4.78 is 28.3. The first-order valence-corrected chi connectivity index (χ1v) is 8.39. The van der Waals surface area contributed by atoms with E-state index in [9.17, 15) is 23.6 Å². The fourth-order valence-electron chi connectivity index (χ4n) is 2.04. The fraction of sp³-hybridized carbons (Fsp3) is 0.286. The van der Waals surface area contributed by atoms with E-state index in [4.69, 9.17) is 9.56 Å². The number of non-ortho nitro benzene ring substituents is 1. The molecular weight excluding hydrogens is 338 g/mol. The Morgan fingerprint density at radius 1 is 1.38 bits per heavy atom. The standard InChI is InChI=1S/C14H17N3O6S/c1-9-3-4-13(23-9)14(2,18)8-16-10-5-11(17(19)20)7-12(6-10)24(15,21)22/h3-7,16,18H,8H2,1-2H3,(H2,15,21,22). The zero-order chi connectivity index (χ0) is 18.1. The smallest absolute Gasteiger partial charge is 0.272 e. The molecule has 4 N–H and O–H groups in total. The number of nitro groups is 1. The molecule has 1 aromatic carbocycles. The maximum atomic E-state index is 11.4. The van der Waals surface area contributed by atoms with Gasteiger partial charge in [-0.05, 0) is 32.0 Å². The first kappa shape index (κ1) is 17.9. The highest BCUT2D eigenvalue weighted by atomic mass is 32.2. The number of benzene rings is 1. The fourth-order valence-corrected chi connectivity index (χ4v) is 2.62. The highest BCUT2D eigenvalue weighted by Gasteiger charge is 2.27. The molecule has 0 amide bonds. The molecule has 0 aliphatic carbocycles. The molecule has 9 nitrogen and oxygen atoms in total. The lowest BCUT2D eigenvalue weighted by Crippen LogP contribution is -2.30. The predicted octanol–water partition coefficient (Wildman–Crippen LogP) is 1.46. The van der Waals surface area contributed by atoms with Crippen LogP contribution in [0.5, 0.6) is 0 Å². The topological polar surface area (TPSA) is 149 Å². The Labute approximate surface area is 138 Å². The molecule has 1 heterocycles. The van der Waals surface area contributed by atoms with Gasteiger partial charge in [0.25, 0.3) is 5.69 Å². The summed E-state index contributed by atoms with van der Waals surface area (Å²) in [6, 6.07) is 6.48. The van der Waals surface area contributed by atoms with Crippen LogP contribution in [0.25, 0.3) is 0 Å². The minimum Gasteiger partial charge on any atom is -0.463 e. The number of nitrogens with two attached hydrogens (primary N) is 1. The number of aryl methyl sites for hydroxylation is 1. The van der Waals surface area contributed by atoms with Crippen LogP contribution in [-0.2, 0) is 15.6 Å². The molecule has 0 saturated heterocycles. The Morgan fingerprint density at radius 3 is 2.54 bits per heavy atom. The highest BCUT2D eigenvalue weighted by molar-refractivity contribution is 7.89. The summed E-state index contributed by atoms with van der Waals surface area (Å²) in [4.78, 5) is 9.81. The Kier molecular flexibility index (Phi) is 4.65. The SMILES string of the molecule is Cc1ccc(C(C)(O)CNc2cc([N+](=O)[O-])cc(S(N)(=O)=O)c2)o1. The number of nitrogens with one attached hydrogen (secondary N) is 1. The van der Waals surface area contributed by atoms with Crippen molar-refractivity contribution >= 4 is 21.4 Å². The van der Waals surface area contributed by atoms with Crippen LogP contribution in [0.4, 0.5) is 11.4 Å². The number of anilines is 1. The monoisotopic (exact) mass is 355 g/mol. The second-order valence-electron chi connectivity index (χ2n) is 5.56. The number of primary sulfonamides is 1. The van der Waals surface area contributed by atoms with E-state index in [1.165, 1.54) is 6.92 Å². The van der Waals surface area contributed by atoms with Gasteiger partial charge in [0.05, 0.1) is 16.4 Å². The maximum absolute atomic E-state index is 11.4. The molecule has 10 heteroatoms. The Hall–Kier alpha value is -2.43. The quantitative estimate of drug-likeness (QED) is 0.524. The molecule has 1 atom stereocenters. The van der Waals surface area contributed by atoms with Gasteiger partial charge < -0.3 is 14.8 Å². The molecule has 130 valence electrons. The van der Waals surface area contributed by atoms with Crippen molar-refractivity contribution in [3.63, 3.8) is 0 Å². The lowest BCUT2D eigenvalue weighted by atomic mass is 10.0. The average Bonchev–Trinajstić information content (AvgIpc) is 2.91. The van der Waals surface area contributed by atoms with Gasteiger partial charge in [-0.3, -0.25) is 10.1 Å². The average molecular weight is 355 g/mol. The molecule has 0 aliphatic heterocycles. The van der Waals surface area contributed by atoms with Crippen molar-refractivity contribution in [2.24, 2.45) is 5.14 Å². The van der Waals surface area contributed by atoms with Crippen LogP contribution in [-0.4, -0.2) is 25.0 Å². The molecule has 2 aromatic rings. The first-order chi connectivity index (χ1) is 11.0. The van der Waals surface area contributed by atoms with Crippen LogP contribution in [0.1, 0.15) is 18.4 Å². The second kappa shape index (κ2) is 6.23. The van der Waals surface area contributed by atoms with E-state index in [0.29, 0.717) is 11.5 Å². The van der Waals surface area contributed by atoms with Crippen molar-refractivity contribution in [2.75, 3.05) is 11.9 Å². The van der Waals surface area contributed by atoms with E-state index in [-0.39, 0.29) is 12.2 Å². The molecule has 1 unspecified atom stereocenters. The molecule has 0 aliphatic rings. The van der Waals surface area contributed by atoms with Crippen molar-refractivity contribution in [2.45, 2.75) is 24.3 Å². The van der Waals surface area contributed by atoms with Gasteiger partial charge in [0, 0.05) is 17.8 Å². The van der Waals surface area contributed by atoms with Crippen molar-refractivity contribution < 1.29 is 22.9 Å². The van der Waals surface area contributed by atoms with Gasteiger partial charge in [-0.1, -0.05) is 0 Å². The first-order valence-electron chi connectivity index (χ1n) is 6.84. The third kappa shape index (κ3) is 4.10. The molecule has 0 fully saturated rings. The van der Waals surface area contributed by atoms with E-state index < -0.39 is 31.1 Å². The van der Waals surface area contributed by atoms with Crippen molar-refractivity contribution in [3.05, 3.63) is 52.0 Å². The van der Waals surface area contributed by atoms with Gasteiger partial charge in [-0.2, -0.15) is 0 Å². The summed E-state index contributed by atoms with van der Waals surface area (Å²) in [5, 5.41) is 29.2. The molecule has 0 bridgehead atoms. The number of nitrogens with zero attached hydrogens (tertiary/aromatic N) is 1. The summed E-state index contributed by atoms with van der Waals surface area (Å²) in [6.45, 7) is 3.16. The lowest BCUT2D eigenvalue weighted by molar-refractivity contribution is -0.385. The summed E-state index contributed by atoms with van der Waals surface area (Å²) >= 11 is 0. The van der Waals surface area contributed by atoms with Crippen molar-refractivity contribution in [1.82, 2.24) is 0 Å². The van der Waals surface area contributed by atoms with Crippen LogP contribution >= 0.6 is 0 Å². The van der Waals surface area contributed by atoms with E-state index >= 15 is 0 Å². The summed E-state index contributed by atoms with van der Waals surface area (Å²) in [6.07, 6.45) is 0. The number of furan rings is 1. The van der Waals surface area contributed by atoms with Crippen LogP contribution < -0.4 is 10.5 Å². The molecule has 0 radical (unpaired) electrons. The molecule has 1 aromatic heterocycles. The second-order valence-corrected chi connectivity index (χ2v) is 7.12. The summed E-state index contributed by atoms with van der Waals surface area (Å²) in [5.41, 5.74) is -1.70. The minimum absolute atomic E-state index is 0.0643. The van der Waals surface area contributed by atoms with Crippen LogP contribution in [0.2, 0.25) is 0 Å². The third-order valence-electron chi connectivity index (χ3n) is 3.34. The van der Waals surface area contributed by atoms with Gasteiger partial charge in [0.15, 0.2) is 0 Å². The number of hydrogen-bond acceptors (Lipinski definition) is 7. The van der Waals surface area contributed by atoms with E-state index in [2.05, 4.69) is 5.32 Å². The maximum Gasteiger partial charge on any atom is 0.272 e. The molecule has 0 saturated carbocycles. The third-order valence-corrected chi connectivity index (χ3v) is 4.23. The predicted molar refractivity (Wildman–Crippen MR) is 86.0 cm³/mol. The van der Waals surface area contributed by atoms with Crippen molar-refractivity contribution in [3.8, 4) is 0 Å². The van der Waals surface area contributed by atoms with Crippen LogP contribution in [0, 0.1) is 17.0 Å². The molecule has 0 spiro atoms. The Balaban J connectivity index is 2.29. The molecule has 2 rings (SSSR count). The number of nitro benzene ring substituents is 1. The number of rotatable bonds is 6. The summed E-state index contributed by atoms with van der Waals surface area (Å²) in [7, 11) is -4.11. The molecule has 24 heavy (non-hydrogen) atoms.